The predicted octanol–water partition coefficient (Wildman–Crippen LogP) is 2.31. The van der Waals surface area contributed by atoms with Crippen LogP contribution in [0, 0.1) is 5.92 Å². The molecule has 0 saturated carbocycles. The quantitative estimate of drug-likeness (QED) is 0.874. The van der Waals surface area contributed by atoms with Crippen LogP contribution >= 0.6 is 0 Å². The molecule has 116 valence electrons. The average Bonchev–Trinajstić information content (AvgIpc) is 2.49. The minimum atomic E-state index is -1.05. The second kappa shape index (κ2) is 6.58. The van der Waals surface area contributed by atoms with E-state index in [4.69, 9.17) is 0 Å². The van der Waals surface area contributed by atoms with Crippen molar-refractivity contribution in [1.29, 1.82) is 0 Å². The number of likely N-dealkylation sites (tertiary alicyclic amines) is 1. The molecule has 1 heterocycles. The third kappa shape index (κ3) is 3.27. The van der Waals surface area contributed by atoms with Crippen LogP contribution in [0.1, 0.15) is 32.3 Å². The topological polar surface area (TPSA) is 52.6 Å². The van der Waals surface area contributed by atoms with E-state index in [1.807, 2.05) is 30.3 Å². The van der Waals surface area contributed by atoms with Crippen molar-refractivity contribution >= 4 is 5.97 Å². The highest BCUT2D eigenvalue weighted by Gasteiger charge is 2.42. The normalized spacial score (nSPS) is 26.2. The van der Waals surface area contributed by atoms with E-state index >= 15 is 0 Å². The maximum atomic E-state index is 12.0. The van der Waals surface area contributed by atoms with E-state index in [9.17, 15) is 9.90 Å². The lowest BCUT2D eigenvalue weighted by atomic mass is 9.86. The summed E-state index contributed by atoms with van der Waals surface area (Å²) in [5, 5.41) is 12.9. The highest BCUT2D eigenvalue weighted by molar-refractivity contribution is 5.81. The minimum absolute atomic E-state index is 0.428. The smallest absolute Gasteiger partial charge is 0.329 e. The molecular weight excluding hydrogens is 264 g/mol. The van der Waals surface area contributed by atoms with Crippen molar-refractivity contribution in [2.75, 3.05) is 20.1 Å². The highest BCUT2D eigenvalue weighted by atomic mass is 16.4. The van der Waals surface area contributed by atoms with Gasteiger partial charge < -0.3 is 10.4 Å². The molecule has 2 N–H and O–H groups in total. The summed E-state index contributed by atoms with van der Waals surface area (Å²) >= 11 is 0. The fraction of sp³-hybridized carbons (Fsp3) is 0.588. The first-order chi connectivity index (χ1) is 9.99. The first-order valence-electron chi connectivity index (χ1n) is 7.71. The van der Waals surface area contributed by atoms with Crippen molar-refractivity contribution in [2.24, 2.45) is 5.92 Å². The number of likely N-dealkylation sites (N-methyl/N-ethyl adjacent to an activating group) is 1. The molecule has 0 radical (unpaired) electrons. The standard InChI is InChI=1S/C17H26N2O2/c1-13-9-10-14(2)19(11-13)12-17(18-3,16(20)21)15-7-5-4-6-8-15/h4-8,13-14,18H,9-12H2,1-3H3,(H,20,21). The fourth-order valence-corrected chi connectivity index (χ4v) is 3.24. The predicted molar refractivity (Wildman–Crippen MR) is 84.2 cm³/mol. The molecule has 1 fully saturated rings. The van der Waals surface area contributed by atoms with Gasteiger partial charge in [0.15, 0.2) is 5.54 Å². The lowest BCUT2D eigenvalue weighted by Crippen LogP contribution is -2.58. The van der Waals surface area contributed by atoms with E-state index in [2.05, 4.69) is 24.1 Å². The van der Waals surface area contributed by atoms with Gasteiger partial charge in [-0.1, -0.05) is 37.3 Å². The Labute approximate surface area is 127 Å². The van der Waals surface area contributed by atoms with Gasteiger partial charge in [-0.05, 0) is 38.3 Å². The Hall–Kier alpha value is -1.39. The number of nitrogens with one attached hydrogen (secondary N) is 1. The lowest BCUT2D eigenvalue weighted by molar-refractivity contribution is -0.146. The molecule has 1 aliphatic rings. The summed E-state index contributed by atoms with van der Waals surface area (Å²) in [5.41, 5.74) is -0.238. The first-order valence-corrected chi connectivity index (χ1v) is 7.71. The van der Waals surface area contributed by atoms with Crippen LogP contribution in [0.3, 0.4) is 0 Å². The molecule has 0 aromatic heterocycles. The summed E-state index contributed by atoms with van der Waals surface area (Å²) in [6, 6.07) is 9.92. The number of benzene rings is 1. The Kier molecular flexibility index (Phi) is 5.01. The molecule has 0 spiro atoms. The Morgan fingerprint density at radius 3 is 2.57 bits per heavy atom. The summed E-state index contributed by atoms with van der Waals surface area (Å²) in [4.78, 5) is 14.3. The number of aliphatic carboxylic acids is 1. The van der Waals surface area contributed by atoms with Crippen LogP contribution < -0.4 is 5.32 Å². The zero-order valence-corrected chi connectivity index (χ0v) is 13.2. The van der Waals surface area contributed by atoms with Gasteiger partial charge in [0, 0.05) is 19.1 Å². The summed E-state index contributed by atoms with van der Waals surface area (Å²) in [6.45, 7) is 5.89. The third-order valence-corrected chi connectivity index (χ3v) is 4.75. The maximum absolute atomic E-state index is 12.0. The van der Waals surface area contributed by atoms with Gasteiger partial charge in [0.1, 0.15) is 0 Å². The Morgan fingerprint density at radius 2 is 2.00 bits per heavy atom. The van der Waals surface area contributed by atoms with Crippen LogP contribution in [0.5, 0.6) is 0 Å². The maximum Gasteiger partial charge on any atom is 0.329 e. The van der Waals surface area contributed by atoms with Crippen molar-refractivity contribution in [1.82, 2.24) is 10.2 Å². The van der Waals surface area contributed by atoms with Gasteiger partial charge in [-0.3, -0.25) is 4.90 Å². The van der Waals surface area contributed by atoms with Gasteiger partial charge in [0.05, 0.1) is 0 Å². The average molecular weight is 290 g/mol. The first kappa shape index (κ1) is 16.0. The van der Waals surface area contributed by atoms with Crippen LogP contribution in [0.15, 0.2) is 30.3 Å². The summed E-state index contributed by atoms with van der Waals surface area (Å²) in [7, 11) is 1.74. The molecule has 1 aromatic carbocycles. The zero-order valence-electron chi connectivity index (χ0n) is 13.2. The van der Waals surface area contributed by atoms with E-state index < -0.39 is 11.5 Å². The minimum Gasteiger partial charge on any atom is -0.480 e. The van der Waals surface area contributed by atoms with E-state index in [0.29, 0.717) is 18.5 Å². The largest absolute Gasteiger partial charge is 0.480 e. The molecule has 1 aromatic rings. The van der Waals surface area contributed by atoms with Crippen LogP contribution in [0.25, 0.3) is 0 Å². The van der Waals surface area contributed by atoms with Gasteiger partial charge in [-0.2, -0.15) is 0 Å². The molecule has 2 rings (SSSR count). The zero-order chi connectivity index (χ0) is 15.5. The third-order valence-electron chi connectivity index (χ3n) is 4.75. The van der Waals surface area contributed by atoms with Crippen molar-refractivity contribution in [3.8, 4) is 0 Å². The number of hydrogen-bond donors (Lipinski definition) is 2. The van der Waals surface area contributed by atoms with Gasteiger partial charge >= 0.3 is 5.97 Å². The monoisotopic (exact) mass is 290 g/mol. The van der Waals surface area contributed by atoms with Gasteiger partial charge in [-0.15, -0.1) is 0 Å². The molecule has 3 atom stereocenters. The molecule has 3 unspecified atom stereocenters. The summed E-state index contributed by atoms with van der Waals surface area (Å²) in [6.07, 6.45) is 2.36. The molecule has 0 aliphatic carbocycles. The summed E-state index contributed by atoms with van der Waals surface area (Å²) in [5.74, 6) is -0.193. The Balaban J connectivity index is 2.30. The van der Waals surface area contributed by atoms with Crippen LogP contribution in [0.2, 0.25) is 0 Å². The van der Waals surface area contributed by atoms with Crippen LogP contribution in [0.4, 0.5) is 0 Å². The summed E-state index contributed by atoms with van der Waals surface area (Å²) < 4.78 is 0. The van der Waals surface area contributed by atoms with Crippen molar-refractivity contribution in [2.45, 2.75) is 38.3 Å². The van der Waals surface area contributed by atoms with Crippen LogP contribution in [-0.4, -0.2) is 42.2 Å². The molecular formula is C17H26N2O2. The molecule has 4 heteroatoms. The van der Waals surface area contributed by atoms with Crippen molar-refractivity contribution < 1.29 is 9.90 Å². The Morgan fingerprint density at radius 1 is 1.33 bits per heavy atom. The molecule has 21 heavy (non-hydrogen) atoms. The lowest BCUT2D eigenvalue weighted by Gasteiger charge is -2.42. The second-order valence-electron chi connectivity index (χ2n) is 6.29. The van der Waals surface area contributed by atoms with Crippen molar-refractivity contribution in [3.05, 3.63) is 35.9 Å². The number of rotatable bonds is 5. The van der Waals surface area contributed by atoms with Crippen molar-refractivity contribution in [3.63, 3.8) is 0 Å². The number of carboxylic acids is 1. The van der Waals surface area contributed by atoms with Gasteiger partial charge in [0.2, 0.25) is 0 Å². The second-order valence-corrected chi connectivity index (χ2v) is 6.29. The van der Waals surface area contributed by atoms with E-state index in [0.717, 1.165) is 18.5 Å². The number of piperidine rings is 1. The molecule has 0 amide bonds. The van der Waals surface area contributed by atoms with E-state index in [1.165, 1.54) is 6.42 Å². The number of hydrogen-bond acceptors (Lipinski definition) is 3. The van der Waals surface area contributed by atoms with E-state index in [-0.39, 0.29) is 0 Å². The molecule has 1 saturated heterocycles. The number of carbonyl (C=O) groups is 1. The molecule has 1 aliphatic heterocycles. The fourth-order valence-electron chi connectivity index (χ4n) is 3.24. The van der Waals surface area contributed by atoms with E-state index in [1.54, 1.807) is 7.05 Å². The highest BCUT2D eigenvalue weighted by Crippen LogP contribution is 2.28. The SMILES string of the molecule is CNC(CN1CC(C)CCC1C)(C(=O)O)c1ccccc1. The van der Waals surface area contributed by atoms with Gasteiger partial charge in [0.25, 0.3) is 0 Å². The molecule has 4 nitrogen and oxygen atoms in total. The number of nitrogens with zero attached hydrogens (tertiary/aromatic N) is 1. The Bertz CT molecular complexity index is 477. The number of carboxylic acid groups (broad SMARTS) is 1. The molecule has 0 bridgehead atoms. The van der Waals surface area contributed by atoms with Gasteiger partial charge in [-0.25, -0.2) is 4.79 Å². The van der Waals surface area contributed by atoms with Crippen LogP contribution in [-0.2, 0) is 10.3 Å².